The van der Waals surface area contributed by atoms with Crippen molar-refractivity contribution >= 4 is 28.7 Å². The topological polar surface area (TPSA) is 46.9 Å². The van der Waals surface area contributed by atoms with Gasteiger partial charge >= 0.3 is 0 Å². The lowest BCUT2D eigenvalue weighted by atomic mass is 10.2. The van der Waals surface area contributed by atoms with Gasteiger partial charge < -0.3 is 9.88 Å². The van der Waals surface area contributed by atoms with E-state index in [0.29, 0.717) is 23.9 Å². The lowest BCUT2D eigenvalue weighted by Crippen LogP contribution is -2.27. The van der Waals surface area contributed by atoms with Crippen molar-refractivity contribution in [2.45, 2.75) is 30.6 Å². The minimum atomic E-state index is -0.234. The standard InChI is InChI=1S/C19H18FN3OS/c20-15-6-2-1-5-13(15)11-23-17-8-4-3-7-16(17)22-19(23)25-12-18(24)21-14-9-10-14/h1-8,14H,9-12H2,(H,21,24). The Morgan fingerprint density at radius 3 is 2.76 bits per heavy atom. The van der Waals surface area contributed by atoms with Crippen molar-refractivity contribution in [1.29, 1.82) is 0 Å². The minimum absolute atomic E-state index is 0.0250. The number of nitrogens with one attached hydrogen (secondary N) is 1. The molecule has 25 heavy (non-hydrogen) atoms. The Balaban J connectivity index is 1.61. The van der Waals surface area contributed by atoms with Gasteiger partial charge in [0, 0.05) is 11.6 Å². The van der Waals surface area contributed by atoms with E-state index in [9.17, 15) is 9.18 Å². The monoisotopic (exact) mass is 355 g/mol. The Kier molecular flexibility index (Phi) is 4.44. The average molecular weight is 355 g/mol. The van der Waals surface area contributed by atoms with Gasteiger partial charge in [0.05, 0.1) is 23.3 Å². The highest BCUT2D eigenvalue weighted by molar-refractivity contribution is 7.99. The molecule has 0 unspecified atom stereocenters. The summed E-state index contributed by atoms with van der Waals surface area (Å²) in [5, 5.41) is 3.71. The SMILES string of the molecule is O=C(CSc1nc2ccccc2n1Cc1ccccc1F)NC1CC1. The molecule has 0 aliphatic heterocycles. The molecule has 4 nitrogen and oxygen atoms in total. The number of rotatable bonds is 6. The highest BCUT2D eigenvalue weighted by atomic mass is 32.2. The molecule has 0 spiro atoms. The van der Waals surface area contributed by atoms with E-state index in [1.165, 1.54) is 17.8 Å². The first-order valence-electron chi connectivity index (χ1n) is 8.31. The molecule has 1 amide bonds. The average Bonchev–Trinajstić information content (AvgIpc) is 3.36. The molecule has 1 fully saturated rings. The lowest BCUT2D eigenvalue weighted by Gasteiger charge is -2.10. The summed E-state index contributed by atoms with van der Waals surface area (Å²) in [5.74, 6) is 0.108. The van der Waals surface area contributed by atoms with Crippen LogP contribution in [0.15, 0.2) is 53.7 Å². The van der Waals surface area contributed by atoms with E-state index in [1.807, 2.05) is 34.9 Å². The van der Waals surface area contributed by atoms with Crippen LogP contribution in [-0.4, -0.2) is 27.3 Å². The van der Waals surface area contributed by atoms with Crippen molar-refractivity contribution in [2.24, 2.45) is 0 Å². The molecule has 2 aromatic carbocycles. The van der Waals surface area contributed by atoms with Gasteiger partial charge in [-0.2, -0.15) is 0 Å². The molecule has 0 radical (unpaired) electrons. The number of nitrogens with zero attached hydrogens (tertiary/aromatic N) is 2. The van der Waals surface area contributed by atoms with E-state index in [4.69, 9.17) is 0 Å². The molecular weight excluding hydrogens is 337 g/mol. The first-order valence-corrected chi connectivity index (χ1v) is 9.30. The summed E-state index contributed by atoms with van der Waals surface area (Å²) >= 11 is 1.39. The number of hydrogen-bond acceptors (Lipinski definition) is 3. The Morgan fingerprint density at radius 2 is 1.96 bits per heavy atom. The van der Waals surface area contributed by atoms with E-state index < -0.39 is 0 Å². The van der Waals surface area contributed by atoms with Crippen molar-refractivity contribution in [3.8, 4) is 0 Å². The zero-order valence-electron chi connectivity index (χ0n) is 13.6. The first-order chi connectivity index (χ1) is 12.2. The number of imidazole rings is 1. The number of fused-ring (bicyclic) bond motifs is 1. The second kappa shape index (κ2) is 6.88. The van der Waals surface area contributed by atoms with Gasteiger partial charge in [-0.3, -0.25) is 4.79 Å². The summed E-state index contributed by atoms with van der Waals surface area (Å²) in [6.45, 7) is 0.389. The maximum atomic E-state index is 14.1. The molecule has 6 heteroatoms. The number of amides is 1. The second-order valence-electron chi connectivity index (χ2n) is 6.19. The predicted octanol–water partition coefficient (Wildman–Crippen LogP) is 3.59. The molecule has 1 heterocycles. The number of thioether (sulfide) groups is 1. The minimum Gasteiger partial charge on any atom is -0.353 e. The number of aromatic nitrogens is 2. The van der Waals surface area contributed by atoms with Crippen molar-refractivity contribution < 1.29 is 9.18 Å². The van der Waals surface area contributed by atoms with Crippen LogP contribution in [0.1, 0.15) is 18.4 Å². The smallest absolute Gasteiger partial charge is 0.230 e. The molecule has 0 saturated heterocycles. The molecule has 1 saturated carbocycles. The van der Waals surface area contributed by atoms with Gasteiger partial charge in [-0.1, -0.05) is 42.1 Å². The maximum absolute atomic E-state index is 14.1. The summed E-state index contributed by atoms with van der Waals surface area (Å²) in [4.78, 5) is 16.6. The van der Waals surface area contributed by atoms with Crippen LogP contribution in [0.2, 0.25) is 0 Å². The summed E-state index contributed by atoms with van der Waals surface area (Å²) in [6, 6.07) is 14.9. The van der Waals surface area contributed by atoms with E-state index in [-0.39, 0.29) is 11.7 Å². The van der Waals surface area contributed by atoms with E-state index in [2.05, 4.69) is 10.3 Å². The Hall–Kier alpha value is -2.34. The van der Waals surface area contributed by atoms with Gasteiger partial charge in [-0.25, -0.2) is 9.37 Å². The van der Waals surface area contributed by atoms with E-state index in [1.54, 1.807) is 12.1 Å². The van der Waals surface area contributed by atoms with Crippen LogP contribution in [0.3, 0.4) is 0 Å². The molecule has 1 aliphatic rings. The third kappa shape index (κ3) is 3.69. The Morgan fingerprint density at radius 1 is 1.20 bits per heavy atom. The van der Waals surface area contributed by atoms with E-state index >= 15 is 0 Å². The highest BCUT2D eigenvalue weighted by Crippen LogP contribution is 2.26. The first kappa shape index (κ1) is 16.1. The van der Waals surface area contributed by atoms with Gasteiger partial charge in [-0.15, -0.1) is 0 Å². The molecule has 4 rings (SSSR count). The molecule has 3 aromatic rings. The van der Waals surface area contributed by atoms with Crippen LogP contribution in [0.25, 0.3) is 11.0 Å². The number of carbonyl (C=O) groups excluding carboxylic acids is 1. The van der Waals surface area contributed by atoms with Gasteiger partial charge in [0.25, 0.3) is 0 Å². The fourth-order valence-electron chi connectivity index (χ4n) is 2.74. The highest BCUT2D eigenvalue weighted by Gasteiger charge is 2.23. The van der Waals surface area contributed by atoms with Crippen LogP contribution in [0, 0.1) is 5.82 Å². The molecule has 1 aromatic heterocycles. The number of halogens is 1. The van der Waals surface area contributed by atoms with Gasteiger partial charge in [0.15, 0.2) is 5.16 Å². The summed E-state index contributed by atoms with van der Waals surface area (Å²) in [5.41, 5.74) is 2.40. The maximum Gasteiger partial charge on any atom is 0.230 e. The molecule has 1 aliphatic carbocycles. The van der Waals surface area contributed by atoms with Crippen LogP contribution >= 0.6 is 11.8 Å². The Bertz CT molecular complexity index is 920. The van der Waals surface area contributed by atoms with Crippen molar-refractivity contribution in [3.05, 3.63) is 59.9 Å². The van der Waals surface area contributed by atoms with Crippen molar-refractivity contribution in [1.82, 2.24) is 14.9 Å². The zero-order valence-corrected chi connectivity index (χ0v) is 14.4. The quantitative estimate of drug-likeness (QED) is 0.688. The zero-order chi connectivity index (χ0) is 17.2. The van der Waals surface area contributed by atoms with Crippen molar-refractivity contribution in [2.75, 3.05) is 5.75 Å². The number of carbonyl (C=O) groups is 1. The fraction of sp³-hybridized carbons (Fsp3) is 0.263. The van der Waals surface area contributed by atoms with Crippen LogP contribution in [0.5, 0.6) is 0 Å². The van der Waals surface area contributed by atoms with Crippen LogP contribution in [0.4, 0.5) is 4.39 Å². The largest absolute Gasteiger partial charge is 0.353 e. The summed E-state index contributed by atoms with van der Waals surface area (Å²) in [7, 11) is 0. The molecule has 128 valence electrons. The number of para-hydroxylation sites is 2. The fourth-order valence-corrected chi connectivity index (χ4v) is 3.57. The van der Waals surface area contributed by atoms with Crippen LogP contribution in [-0.2, 0) is 11.3 Å². The normalized spacial score (nSPS) is 14.0. The molecular formula is C19H18FN3OS. The third-order valence-corrected chi connectivity index (χ3v) is 5.16. The number of benzene rings is 2. The molecule has 0 bridgehead atoms. The second-order valence-corrected chi connectivity index (χ2v) is 7.13. The number of hydrogen-bond donors (Lipinski definition) is 1. The van der Waals surface area contributed by atoms with Gasteiger partial charge in [0.1, 0.15) is 5.82 Å². The van der Waals surface area contributed by atoms with Crippen LogP contribution < -0.4 is 5.32 Å². The summed E-state index contributed by atoms with van der Waals surface area (Å²) in [6.07, 6.45) is 2.14. The Labute approximate surface area is 149 Å². The lowest BCUT2D eigenvalue weighted by molar-refractivity contribution is -0.118. The van der Waals surface area contributed by atoms with Crippen molar-refractivity contribution in [3.63, 3.8) is 0 Å². The van der Waals surface area contributed by atoms with Gasteiger partial charge in [-0.05, 0) is 31.0 Å². The van der Waals surface area contributed by atoms with E-state index in [0.717, 1.165) is 29.0 Å². The third-order valence-electron chi connectivity index (χ3n) is 4.18. The summed E-state index contributed by atoms with van der Waals surface area (Å²) < 4.78 is 16.0. The molecule has 1 N–H and O–H groups in total. The molecule has 0 atom stereocenters. The van der Waals surface area contributed by atoms with Gasteiger partial charge in [0.2, 0.25) is 5.91 Å². The predicted molar refractivity (Wildman–Crippen MR) is 97.1 cm³/mol.